The number of thioether (sulfide) groups is 1. The van der Waals surface area contributed by atoms with Crippen LogP contribution in [0.25, 0.3) is 0 Å². The average molecular weight is 171 g/mol. The maximum atomic E-state index is 3.77. The van der Waals surface area contributed by atoms with Crippen LogP contribution in [0.4, 0.5) is 0 Å². The van der Waals surface area contributed by atoms with Gasteiger partial charge >= 0.3 is 0 Å². The fourth-order valence-corrected chi connectivity index (χ4v) is 2.93. The Morgan fingerprint density at radius 2 is 2.64 bits per heavy atom. The third-order valence-corrected chi connectivity index (χ3v) is 3.51. The van der Waals surface area contributed by atoms with E-state index in [1.54, 1.807) is 0 Å². The van der Waals surface area contributed by atoms with E-state index in [0.29, 0.717) is 6.04 Å². The van der Waals surface area contributed by atoms with Crippen LogP contribution in [0.15, 0.2) is 12.7 Å². The Hall–Kier alpha value is 0.0500. The highest BCUT2D eigenvalue weighted by molar-refractivity contribution is 7.99. The fourth-order valence-electron chi connectivity index (χ4n) is 1.60. The van der Waals surface area contributed by atoms with Crippen LogP contribution < -0.4 is 5.32 Å². The minimum Gasteiger partial charge on any atom is -0.316 e. The lowest BCUT2D eigenvalue weighted by atomic mass is 9.97. The summed E-state index contributed by atoms with van der Waals surface area (Å²) in [6.07, 6.45) is 4.51. The van der Waals surface area contributed by atoms with Gasteiger partial charge in [0.15, 0.2) is 0 Å². The summed E-state index contributed by atoms with van der Waals surface area (Å²) in [6.45, 7) is 3.77. The molecule has 1 heterocycles. The maximum absolute atomic E-state index is 3.77. The van der Waals surface area contributed by atoms with Gasteiger partial charge in [-0.1, -0.05) is 6.08 Å². The van der Waals surface area contributed by atoms with Crippen molar-refractivity contribution in [3.8, 4) is 0 Å². The third kappa shape index (κ3) is 2.53. The molecule has 1 aliphatic rings. The van der Waals surface area contributed by atoms with Crippen LogP contribution in [0, 0.1) is 5.92 Å². The predicted octanol–water partition coefficient (Wildman–Crippen LogP) is 1.90. The lowest BCUT2D eigenvalue weighted by molar-refractivity contribution is 0.409. The Kier molecular flexibility index (Phi) is 4.02. The van der Waals surface area contributed by atoms with Crippen molar-refractivity contribution < 1.29 is 0 Å². The second-order valence-corrected chi connectivity index (χ2v) is 4.19. The molecule has 2 atom stereocenters. The third-order valence-electron chi connectivity index (χ3n) is 2.33. The van der Waals surface area contributed by atoms with Crippen LogP contribution >= 0.6 is 11.8 Å². The topological polar surface area (TPSA) is 12.0 Å². The quantitative estimate of drug-likeness (QED) is 0.648. The van der Waals surface area contributed by atoms with Crippen LogP contribution in [-0.4, -0.2) is 24.6 Å². The van der Waals surface area contributed by atoms with Gasteiger partial charge in [-0.15, -0.1) is 6.58 Å². The highest BCUT2D eigenvalue weighted by atomic mass is 32.2. The molecule has 11 heavy (non-hydrogen) atoms. The minimum absolute atomic E-state index is 0.669. The molecule has 0 aromatic rings. The predicted molar refractivity (Wildman–Crippen MR) is 53.1 cm³/mol. The Labute approximate surface area is 73.6 Å². The fraction of sp³-hybridized carbons (Fsp3) is 0.778. The van der Waals surface area contributed by atoms with Crippen molar-refractivity contribution in [1.29, 1.82) is 0 Å². The molecule has 0 radical (unpaired) electrons. The zero-order valence-electron chi connectivity index (χ0n) is 7.18. The van der Waals surface area contributed by atoms with Crippen molar-refractivity contribution >= 4 is 11.8 Å². The van der Waals surface area contributed by atoms with E-state index in [1.807, 2.05) is 6.08 Å². The van der Waals surface area contributed by atoms with Crippen LogP contribution in [0.5, 0.6) is 0 Å². The van der Waals surface area contributed by atoms with Crippen LogP contribution in [0.1, 0.15) is 12.8 Å². The van der Waals surface area contributed by atoms with Gasteiger partial charge in [-0.05, 0) is 37.3 Å². The highest BCUT2D eigenvalue weighted by Gasteiger charge is 2.22. The molecule has 1 saturated heterocycles. The number of nitrogens with one attached hydrogen (secondary N) is 1. The first kappa shape index (κ1) is 9.14. The van der Waals surface area contributed by atoms with Crippen molar-refractivity contribution in [3.63, 3.8) is 0 Å². The van der Waals surface area contributed by atoms with Gasteiger partial charge in [-0.25, -0.2) is 0 Å². The monoisotopic (exact) mass is 171 g/mol. The molecule has 0 aromatic heterocycles. The number of hydrogen-bond donors (Lipinski definition) is 1. The van der Waals surface area contributed by atoms with Gasteiger partial charge in [-0.3, -0.25) is 0 Å². The normalized spacial score (nSPS) is 26.8. The van der Waals surface area contributed by atoms with Crippen LogP contribution in [0.3, 0.4) is 0 Å². The van der Waals surface area contributed by atoms with E-state index in [2.05, 4.69) is 30.7 Å². The van der Waals surface area contributed by atoms with Crippen LogP contribution in [0.2, 0.25) is 0 Å². The van der Waals surface area contributed by atoms with Gasteiger partial charge < -0.3 is 5.32 Å². The van der Waals surface area contributed by atoms with E-state index in [1.165, 1.54) is 17.9 Å². The molecular weight excluding hydrogens is 154 g/mol. The summed E-state index contributed by atoms with van der Waals surface area (Å²) in [5, 5.41) is 3.36. The first-order valence-electron chi connectivity index (χ1n) is 4.24. The SMILES string of the molecule is C=CCC(NC)C1CCSC1. The minimum atomic E-state index is 0.669. The van der Waals surface area contributed by atoms with Crippen molar-refractivity contribution in [1.82, 2.24) is 5.32 Å². The molecule has 1 N–H and O–H groups in total. The zero-order chi connectivity index (χ0) is 8.10. The molecule has 64 valence electrons. The van der Waals surface area contributed by atoms with E-state index in [9.17, 15) is 0 Å². The van der Waals surface area contributed by atoms with Gasteiger partial charge in [0.2, 0.25) is 0 Å². The lowest BCUT2D eigenvalue weighted by Crippen LogP contribution is -2.32. The second kappa shape index (κ2) is 4.83. The summed E-state index contributed by atoms with van der Waals surface area (Å²) in [7, 11) is 2.05. The maximum Gasteiger partial charge on any atom is 0.0135 e. The van der Waals surface area contributed by atoms with Crippen molar-refractivity contribution in [2.45, 2.75) is 18.9 Å². The first-order chi connectivity index (χ1) is 5.38. The van der Waals surface area contributed by atoms with E-state index in [4.69, 9.17) is 0 Å². The van der Waals surface area contributed by atoms with E-state index in [-0.39, 0.29) is 0 Å². The van der Waals surface area contributed by atoms with Crippen molar-refractivity contribution in [2.75, 3.05) is 18.6 Å². The average Bonchev–Trinajstić information content (AvgIpc) is 2.52. The van der Waals surface area contributed by atoms with Crippen LogP contribution in [-0.2, 0) is 0 Å². The van der Waals surface area contributed by atoms with E-state index in [0.717, 1.165) is 12.3 Å². The van der Waals surface area contributed by atoms with E-state index >= 15 is 0 Å². The molecule has 2 heteroatoms. The molecule has 0 saturated carbocycles. The highest BCUT2D eigenvalue weighted by Crippen LogP contribution is 2.27. The van der Waals surface area contributed by atoms with Gasteiger partial charge in [0.1, 0.15) is 0 Å². The Balaban J connectivity index is 2.33. The molecule has 1 fully saturated rings. The van der Waals surface area contributed by atoms with Gasteiger partial charge in [-0.2, -0.15) is 11.8 Å². The smallest absolute Gasteiger partial charge is 0.0135 e. The molecular formula is C9H17NS. The summed E-state index contributed by atoms with van der Waals surface area (Å²) in [5.41, 5.74) is 0. The Morgan fingerprint density at radius 3 is 3.09 bits per heavy atom. The second-order valence-electron chi connectivity index (χ2n) is 3.04. The van der Waals surface area contributed by atoms with Gasteiger partial charge in [0.05, 0.1) is 0 Å². The molecule has 1 nitrogen and oxygen atoms in total. The summed E-state index contributed by atoms with van der Waals surface area (Å²) in [5.74, 6) is 3.56. The molecule has 0 aliphatic carbocycles. The summed E-state index contributed by atoms with van der Waals surface area (Å²) in [4.78, 5) is 0. The van der Waals surface area contributed by atoms with Crippen molar-refractivity contribution in [2.24, 2.45) is 5.92 Å². The molecule has 0 spiro atoms. The molecule has 0 aromatic carbocycles. The molecule has 0 amide bonds. The Bertz CT molecular complexity index is 119. The van der Waals surface area contributed by atoms with Gasteiger partial charge in [0.25, 0.3) is 0 Å². The number of rotatable bonds is 4. The Morgan fingerprint density at radius 1 is 1.82 bits per heavy atom. The van der Waals surface area contributed by atoms with E-state index < -0.39 is 0 Å². The summed E-state index contributed by atoms with van der Waals surface area (Å²) >= 11 is 2.08. The molecule has 1 rings (SSSR count). The van der Waals surface area contributed by atoms with Crippen molar-refractivity contribution in [3.05, 3.63) is 12.7 Å². The number of hydrogen-bond acceptors (Lipinski definition) is 2. The molecule has 0 bridgehead atoms. The molecule has 1 aliphatic heterocycles. The summed E-state index contributed by atoms with van der Waals surface area (Å²) < 4.78 is 0. The standard InChI is InChI=1S/C9H17NS/c1-3-4-9(10-2)8-5-6-11-7-8/h3,8-10H,1,4-7H2,2H3. The largest absolute Gasteiger partial charge is 0.316 e. The first-order valence-corrected chi connectivity index (χ1v) is 5.40. The molecule has 2 unspecified atom stereocenters. The lowest BCUT2D eigenvalue weighted by Gasteiger charge is -2.20. The summed E-state index contributed by atoms with van der Waals surface area (Å²) in [6, 6.07) is 0.669. The zero-order valence-corrected chi connectivity index (χ0v) is 7.99. The van der Waals surface area contributed by atoms with Gasteiger partial charge in [0, 0.05) is 6.04 Å².